The number of nitrogens with zero attached hydrogens (tertiary/aromatic N) is 1. The zero-order valence-electron chi connectivity index (χ0n) is 15.2. The highest BCUT2D eigenvalue weighted by molar-refractivity contribution is 7.90. The summed E-state index contributed by atoms with van der Waals surface area (Å²) >= 11 is 0. The van der Waals surface area contributed by atoms with Crippen LogP contribution < -0.4 is 0 Å². The molecular weight excluding hydrogens is 350 g/mol. The van der Waals surface area contributed by atoms with Gasteiger partial charge in [0, 0.05) is 31.7 Å². The molecule has 0 bridgehead atoms. The molecule has 0 aliphatic carbocycles. The van der Waals surface area contributed by atoms with Crippen molar-refractivity contribution in [2.45, 2.75) is 30.7 Å². The number of amides is 1. The van der Waals surface area contributed by atoms with E-state index < -0.39 is 9.84 Å². The fraction of sp³-hybridized carbons (Fsp3) is 0.300. The maximum absolute atomic E-state index is 12.4. The molecule has 0 radical (unpaired) electrons. The molecular formula is C20H23NO4S. The van der Waals surface area contributed by atoms with Crippen LogP contribution in [0.5, 0.6) is 0 Å². The van der Waals surface area contributed by atoms with Crippen molar-refractivity contribution < 1.29 is 18.0 Å². The van der Waals surface area contributed by atoms with Crippen LogP contribution in [0.1, 0.15) is 41.7 Å². The van der Waals surface area contributed by atoms with Gasteiger partial charge in [0.2, 0.25) is 5.91 Å². The molecule has 0 saturated carbocycles. The van der Waals surface area contributed by atoms with Crippen molar-refractivity contribution in [1.29, 1.82) is 0 Å². The second kappa shape index (κ2) is 8.27. The Bertz CT molecular complexity index is 874. The molecule has 26 heavy (non-hydrogen) atoms. The van der Waals surface area contributed by atoms with Crippen molar-refractivity contribution in [2.24, 2.45) is 0 Å². The number of hydrogen-bond acceptors (Lipinski definition) is 4. The minimum atomic E-state index is -3.24. The van der Waals surface area contributed by atoms with Gasteiger partial charge in [-0.1, -0.05) is 42.5 Å². The van der Waals surface area contributed by atoms with Gasteiger partial charge in [-0.25, -0.2) is 8.42 Å². The zero-order valence-corrected chi connectivity index (χ0v) is 16.0. The molecule has 0 heterocycles. The number of hydrogen-bond donors (Lipinski definition) is 0. The van der Waals surface area contributed by atoms with E-state index in [0.717, 1.165) is 11.8 Å². The lowest BCUT2D eigenvalue weighted by Gasteiger charge is -2.25. The van der Waals surface area contributed by atoms with Crippen LogP contribution in [-0.4, -0.2) is 38.3 Å². The first-order valence-corrected chi connectivity index (χ1v) is 10.2. The largest absolute Gasteiger partial charge is 0.339 e. The molecule has 0 aliphatic rings. The summed E-state index contributed by atoms with van der Waals surface area (Å²) in [5, 5.41) is 0. The van der Waals surface area contributed by atoms with Gasteiger partial charge in [-0.05, 0) is 24.6 Å². The van der Waals surface area contributed by atoms with E-state index in [9.17, 15) is 18.0 Å². The maximum atomic E-state index is 12.4. The average molecular weight is 373 g/mol. The molecule has 5 nitrogen and oxygen atoms in total. The van der Waals surface area contributed by atoms with E-state index in [1.165, 1.54) is 0 Å². The van der Waals surface area contributed by atoms with Gasteiger partial charge in [-0.2, -0.15) is 0 Å². The third kappa shape index (κ3) is 5.02. The molecule has 0 saturated heterocycles. The molecule has 0 N–H and O–H groups in total. The Balaban J connectivity index is 1.97. The van der Waals surface area contributed by atoms with Crippen molar-refractivity contribution in [2.75, 3.05) is 13.3 Å². The van der Waals surface area contributed by atoms with Crippen molar-refractivity contribution in [3.05, 3.63) is 65.7 Å². The van der Waals surface area contributed by atoms with Gasteiger partial charge >= 0.3 is 0 Å². The Morgan fingerprint density at radius 3 is 2.08 bits per heavy atom. The van der Waals surface area contributed by atoms with E-state index in [-0.39, 0.29) is 35.5 Å². The van der Waals surface area contributed by atoms with Gasteiger partial charge in [-0.3, -0.25) is 9.59 Å². The SMILES string of the molecule is CC(c1ccc(S(C)(=O)=O)cc1)N(C)C(=O)CCC(=O)c1ccccc1. The first kappa shape index (κ1) is 19.8. The predicted octanol–water partition coefficient (Wildman–Crippen LogP) is 3.27. The van der Waals surface area contributed by atoms with Crippen molar-refractivity contribution >= 4 is 21.5 Å². The highest BCUT2D eigenvalue weighted by atomic mass is 32.2. The second-order valence-electron chi connectivity index (χ2n) is 6.31. The Morgan fingerprint density at radius 2 is 1.54 bits per heavy atom. The van der Waals surface area contributed by atoms with Crippen LogP contribution in [0.15, 0.2) is 59.5 Å². The monoisotopic (exact) mass is 373 g/mol. The van der Waals surface area contributed by atoms with Crippen molar-refractivity contribution in [3.63, 3.8) is 0 Å². The van der Waals surface area contributed by atoms with Crippen LogP contribution in [0.25, 0.3) is 0 Å². The Labute approximate surface area is 154 Å². The van der Waals surface area contributed by atoms with Crippen LogP contribution >= 0.6 is 0 Å². The third-order valence-corrected chi connectivity index (χ3v) is 5.56. The van der Waals surface area contributed by atoms with Gasteiger partial charge in [0.1, 0.15) is 0 Å². The summed E-state index contributed by atoms with van der Waals surface area (Å²) in [6.07, 6.45) is 1.45. The first-order valence-electron chi connectivity index (χ1n) is 8.34. The molecule has 1 atom stereocenters. The normalized spacial score (nSPS) is 12.4. The Morgan fingerprint density at radius 1 is 0.962 bits per heavy atom. The van der Waals surface area contributed by atoms with Crippen molar-refractivity contribution in [1.82, 2.24) is 4.90 Å². The van der Waals surface area contributed by atoms with Gasteiger partial charge in [0.25, 0.3) is 0 Å². The summed E-state index contributed by atoms with van der Waals surface area (Å²) in [6, 6.07) is 15.2. The standard InChI is InChI=1S/C20H23NO4S/c1-15(16-9-11-18(12-10-16)26(3,24)25)21(2)20(23)14-13-19(22)17-7-5-4-6-8-17/h4-12,15H,13-14H2,1-3H3. The summed E-state index contributed by atoms with van der Waals surface area (Å²) < 4.78 is 23.1. The molecule has 0 fully saturated rings. The quantitative estimate of drug-likeness (QED) is 0.698. The molecule has 2 aromatic rings. The fourth-order valence-corrected chi connectivity index (χ4v) is 3.23. The number of carbonyl (C=O) groups excluding carboxylic acids is 2. The van der Waals surface area contributed by atoms with E-state index >= 15 is 0 Å². The topological polar surface area (TPSA) is 71.5 Å². The Hall–Kier alpha value is -2.47. The molecule has 1 unspecified atom stereocenters. The molecule has 0 spiro atoms. The highest BCUT2D eigenvalue weighted by Crippen LogP contribution is 2.22. The number of ketones is 1. The lowest BCUT2D eigenvalue weighted by molar-refractivity contribution is -0.131. The van der Waals surface area contributed by atoms with Gasteiger partial charge in [0.05, 0.1) is 10.9 Å². The lowest BCUT2D eigenvalue weighted by Crippen LogP contribution is -2.29. The molecule has 2 aromatic carbocycles. The van der Waals surface area contributed by atoms with E-state index in [4.69, 9.17) is 0 Å². The van der Waals surface area contributed by atoms with Gasteiger partial charge in [-0.15, -0.1) is 0 Å². The highest BCUT2D eigenvalue weighted by Gasteiger charge is 2.19. The first-order chi connectivity index (χ1) is 12.2. The van der Waals surface area contributed by atoms with Crippen LogP contribution in [-0.2, 0) is 14.6 Å². The fourth-order valence-electron chi connectivity index (χ4n) is 2.60. The second-order valence-corrected chi connectivity index (χ2v) is 8.33. The van der Waals surface area contributed by atoms with E-state index in [1.807, 2.05) is 13.0 Å². The molecule has 0 aliphatic heterocycles. The molecule has 138 valence electrons. The van der Waals surface area contributed by atoms with Crippen LogP contribution in [0.2, 0.25) is 0 Å². The number of sulfone groups is 1. The van der Waals surface area contributed by atoms with E-state index in [0.29, 0.717) is 5.56 Å². The maximum Gasteiger partial charge on any atom is 0.223 e. The smallest absolute Gasteiger partial charge is 0.223 e. The minimum Gasteiger partial charge on any atom is -0.339 e. The molecule has 2 rings (SSSR count). The lowest BCUT2D eigenvalue weighted by atomic mass is 10.0. The van der Waals surface area contributed by atoms with Gasteiger partial charge in [0.15, 0.2) is 15.6 Å². The van der Waals surface area contributed by atoms with Crippen LogP contribution in [0.3, 0.4) is 0 Å². The van der Waals surface area contributed by atoms with E-state index in [1.54, 1.807) is 60.5 Å². The average Bonchev–Trinajstić information content (AvgIpc) is 2.64. The summed E-state index contributed by atoms with van der Waals surface area (Å²) in [7, 11) is -1.56. The number of rotatable bonds is 7. The molecule has 6 heteroatoms. The summed E-state index contributed by atoms with van der Waals surface area (Å²) in [5.41, 5.74) is 1.44. The van der Waals surface area contributed by atoms with Gasteiger partial charge < -0.3 is 4.90 Å². The third-order valence-electron chi connectivity index (χ3n) is 4.43. The minimum absolute atomic E-state index is 0.0579. The zero-order chi connectivity index (χ0) is 19.3. The number of Topliss-reactive ketones (excluding diaryl/α,β-unsaturated/α-hetero) is 1. The predicted molar refractivity (Wildman–Crippen MR) is 101 cm³/mol. The number of carbonyl (C=O) groups is 2. The summed E-state index contributed by atoms with van der Waals surface area (Å²) in [4.78, 5) is 26.3. The summed E-state index contributed by atoms with van der Waals surface area (Å²) in [6.45, 7) is 1.87. The van der Waals surface area contributed by atoms with Crippen LogP contribution in [0.4, 0.5) is 0 Å². The van der Waals surface area contributed by atoms with Crippen LogP contribution in [0, 0.1) is 0 Å². The molecule has 0 aromatic heterocycles. The Kier molecular flexibility index (Phi) is 6.32. The molecule has 1 amide bonds. The number of benzene rings is 2. The summed E-state index contributed by atoms with van der Waals surface area (Å²) in [5.74, 6) is -0.188. The van der Waals surface area contributed by atoms with Crippen molar-refractivity contribution in [3.8, 4) is 0 Å². The van der Waals surface area contributed by atoms with E-state index in [2.05, 4.69) is 0 Å².